The van der Waals surface area contributed by atoms with E-state index >= 15 is 0 Å². The molecular weight excluding hydrogens is 260 g/mol. The van der Waals surface area contributed by atoms with E-state index in [9.17, 15) is 5.26 Å². The third kappa shape index (κ3) is 2.68. The minimum atomic E-state index is 0.617. The lowest BCUT2D eigenvalue weighted by atomic mass is 10.1. The molecule has 0 radical (unpaired) electrons. The molecule has 0 unspecified atom stereocenters. The van der Waals surface area contributed by atoms with Crippen LogP contribution in [0.3, 0.4) is 0 Å². The third-order valence-electron chi connectivity index (χ3n) is 3.80. The van der Waals surface area contributed by atoms with E-state index in [4.69, 9.17) is 0 Å². The summed E-state index contributed by atoms with van der Waals surface area (Å²) in [6.45, 7) is 0. The van der Waals surface area contributed by atoms with Crippen molar-refractivity contribution in [3.8, 4) is 6.07 Å². The monoisotopic (exact) mass is 278 g/mol. The zero-order valence-electron chi connectivity index (χ0n) is 12.3. The van der Waals surface area contributed by atoms with Crippen molar-refractivity contribution in [1.29, 1.82) is 5.26 Å². The largest absolute Gasteiger partial charge is 0.378 e. The average Bonchev–Trinajstić information content (AvgIpc) is 2.93. The van der Waals surface area contributed by atoms with Gasteiger partial charge >= 0.3 is 0 Å². The first-order valence-electron chi connectivity index (χ1n) is 7.14. The quantitative estimate of drug-likeness (QED) is 0.936. The number of pyridine rings is 1. The van der Waals surface area contributed by atoms with Gasteiger partial charge in [-0.3, -0.25) is 0 Å². The summed E-state index contributed by atoms with van der Waals surface area (Å²) in [6, 6.07) is 12.3. The Kier molecular flexibility index (Phi) is 3.49. The van der Waals surface area contributed by atoms with Crippen LogP contribution in [0.2, 0.25) is 0 Å². The van der Waals surface area contributed by atoms with Crippen LogP contribution in [0.15, 0.2) is 30.3 Å². The molecule has 4 heteroatoms. The molecule has 1 aromatic carbocycles. The molecule has 0 spiro atoms. The van der Waals surface area contributed by atoms with Crippen molar-refractivity contribution in [2.45, 2.75) is 19.3 Å². The summed E-state index contributed by atoms with van der Waals surface area (Å²) in [4.78, 5) is 6.69. The van der Waals surface area contributed by atoms with Gasteiger partial charge in [0.15, 0.2) is 0 Å². The van der Waals surface area contributed by atoms with E-state index in [1.54, 1.807) is 0 Å². The van der Waals surface area contributed by atoms with E-state index < -0.39 is 0 Å². The Bertz CT molecular complexity index is 713. The van der Waals surface area contributed by atoms with Crippen molar-refractivity contribution in [2.24, 2.45) is 0 Å². The predicted octanol–water partition coefficient (Wildman–Crippen LogP) is 3.25. The van der Waals surface area contributed by atoms with Crippen molar-refractivity contribution >= 4 is 17.2 Å². The summed E-state index contributed by atoms with van der Waals surface area (Å²) < 4.78 is 0. The Morgan fingerprint density at radius 2 is 2.10 bits per heavy atom. The fourth-order valence-electron chi connectivity index (χ4n) is 2.65. The minimum Gasteiger partial charge on any atom is -0.378 e. The normalized spacial score (nSPS) is 12.6. The van der Waals surface area contributed by atoms with Gasteiger partial charge in [-0.2, -0.15) is 5.26 Å². The molecule has 2 aromatic rings. The van der Waals surface area contributed by atoms with Crippen molar-refractivity contribution < 1.29 is 0 Å². The Hall–Kier alpha value is -2.54. The standard InChI is InChI=1S/C17H18N4/c1-21(2)15-7-4-6-14(10-15)19-17-13(11-18)9-12-5-3-8-16(12)20-17/h4,6-7,9-10H,3,5,8H2,1-2H3,(H,19,20). The Morgan fingerprint density at radius 3 is 2.86 bits per heavy atom. The molecule has 0 atom stereocenters. The lowest BCUT2D eigenvalue weighted by molar-refractivity contribution is 0.900. The maximum absolute atomic E-state index is 9.33. The molecule has 1 heterocycles. The topological polar surface area (TPSA) is 52.0 Å². The number of anilines is 3. The van der Waals surface area contributed by atoms with Crippen LogP contribution in [0.4, 0.5) is 17.2 Å². The van der Waals surface area contributed by atoms with Crippen LogP contribution in [0, 0.1) is 11.3 Å². The van der Waals surface area contributed by atoms with E-state index in [1.807, 2.05) is 43.3 Å². The lowest BCUT2D eigenvalue weighted by Crippen LogP contribution is -2.08. The molecule has 1 aromatic heterocycles. The first-order valence-corrected chi connectivity index (χ1v) is 7.14. The molecule has 0 fully saturated rings. The highest BCUT2D eigenvalue weighted by Crippen LogP contribution is 2.27. The van der Waals surface area contributed by atoms with Crippen LogP contribution in [0.1, 0.15) is 23.2 Å². The maximum atomic E-state index is 9.33. The SMILES string of the molecule is CN(C)c1cccc(Nc2nc3c(cc2C#N)CCC3)c1. The van der Waals surface area contributed by atoms with Crippen molar-refractivity contribution in [1.82, 2.24) is 4.98 Å². The number of nitrogens with zero attached hydrogens (tertiary/aromatic N) is 3. The molecule has 0 saturated carbocycles. The molecule has 1 aliphatic rings. The van der Waals surface area contributed by atoms with Crippen LogP contribution >= 0.6 is 0 Å². The molecule has 3 rings (SSSR count). The van der Waals surface area contributed by atoms with Crippen LogP contribution in [-0.2, 0) is 12.8 Å². The van der Waals surface area contributed by atoms with Crippen LogP contribution in [0.5, 0.6) is 0 Å². The van der Waals surface area contributed by atoms with Gasteiger partial charge in [0.25, 0.3) is 0 Å². The molecule has 21 heavy (non-hydrogen) atoms. The Morgan fingerprint density at radius 1 is 1.24 bits per heavy atom. The molecule has 106 valence electrons. The van der Waals surface area contributed by atoms with Crippen molar-refractivity contribution in [2.75, 3.05) is 24.3 Å². The average molecular weight is 278 g/mol. The predicted molar refractivity (Wildman–Crippen MR) is 85.0 cm³/mol. The van der Waals surface area contributed by atoms with Gasteiger partial charge in [-0.1, -0.05) is 6.07 Å². The fraction of sp³-hybridized carbons (Fsp3) is 0.294. The molecule has 1 N–H and O–H groups in total. The number of fused-ring (bicyclic) bond motifs is 1. The summed E-state index contributed by atoms with van der Waals surface area (Å²) in [5, 5.41) is 12.6. The molecule has 0 aliphatic heterocycles. The smallest absolute Gasteiger partial charge is 0.148 e. The molecular formula is C17H18N4. The van der Waals surface area contributed by atoms with E-state index in [0.717, 1.165) is 36.3 Å². The summed E-state index contributed by atoms with van der Waals surface area (Å²) in [5.41, 5.74) is 5.02. The van der Waals surface area contributed by atoms with Crippen LogP contribution < -0.4 is 10.2 Å². The van der Waals surface area contributed by atoms with Crippen LogP contribution in [-0.4, -0.2) is 19.1 Å². The second-order valence-electron chi connectivity index (χ2n) is 5.53. The minimum absolute atomic E-state index is 0.617. The maximum Gasteiger partial charge on any atom is 0.148 e. The van der Waals surface area contributed by atoms with Gasteiger partial charge in [-0.05, 0) is 49.1 Å². The summed E-state index contributed by atoms with van der Waals surface area (Å²) in [5.74, 6) is 0.661. The molecule has 1 aliphatic carbocycles. The van der Waals surface area contributed by atoms with Gasteiger partial charge < -0.3 is 10.2 Å². The Balaban J connectivity index is 1.95. The van der Waals surface area contributed by atoms with Gasteiger partial charge in [0.2, 0.25) is 0 Å². The summed E-state index contributed by atoms with van der Waals surface area (Å²) >= 11 is 0. The number of hydrogen-bond donors (Lipinski definition) is 1. The number of aromatic nitrogens is 1. The lowest BCUT2D eigenvalue weighted by Gasteiger charge is -2.15. The van der Waals surface area contributed by atoms with E-state index in [-0.39, 0.29) is 0 Å². The van der Waals surface area contributed by atoms with Crippen LogP contribution in [0.25, 0.3) is 0 Å². The first-order chi connectivity index (χ1) is 10.2. The molecule has 0 amide bonds. The number of benzene rings is 1. The molecule has 0 bridgehead atoms. The van der Waals surface area contributed by atoms with Gasteiger partial charge in [-0.15, -0.1) is 0 Å². The highest BCUT2D eigenvalue weighted by atomic mass is 15.1. The number of hydrogen-bond acceptors (Lipinski definition) is 4. The number of nitriles is 1. The highest BCUT2D eigenvalue weighted by Gasteiger charge is 2.16. The van der Waals surface area contributed by atoms with E-state index in [1.165, 1.54) is 5.56 Å². The van der Waals surface area contributed by atoms with Gasteiger partial charge in [-0.25, -0.2) is 4.98 Å². The zero-order chi connectivity index (χ0) is 14.8. The molecule has 4 nitrogen and oxygen atoms in total. The summed E-state index contributed by atoms with van der Waals surface area (Å²) in [7, 11) is 4.01. The first kappa shape index (κ1) is 13.4. The van der Waals surface area contributed by atoms with Crippen molar-refractivity contribution in [3.63, 3.8) is 0 Å². The van der Waals surface area contributed by atoms with Gasteiger partial charge in [0.05, 0.1) is 5.56 Å². The summed E-state index contributed by atoms with van der Waals surface area (Å²) in [6.07, 6.45) is 3.17. The second-order valence-corrected chi connectivity index (χ2v) is 5.53. The zero-order valence-corrected chi connectivity index (χ0v) is 12.3. The number of nitrogens with one attached hydrogen (secondary N) is 1. The fourth-order valence-corrected chi connectivity index (χ4v) is 2.65. The molecule has 0 saturated heterocycles. The van der Waals surface area contributed by atoms with Gasteiger partial charge in [0, 0.05) is 31.2 Å². The number of aryl methyl sites for hydroxylation is 2. The third-order valence-corrected chi connectivity index (χ3v) is 3.80. The van der Waals surface area contributed by atoms with E-state index in [2.05, 4.69) is 22.4 Å². The second kappa shape index (κ2) is 5.45. The Labute approximate surface area is 125 Å². The number of rotatable bonds is 3. The van der Waals surface area contributed by atoms with Crippen molar-refractivity contribution in [3.05, 3.63) is 47.2 Å². The van der Waals surface area contributed by atoms with E-state index in [0.29, 0.717) is 11.4 Å². The highest BCUT2D eigenvalue weighted by molar-refractivity contribution is 5.67. The van der Waals surface area contributed by atoms with Gasteiger partial charge in [0.1, 0.15) is 11.9 Å².